The summed E-state index contributed by atoms with van der Waals surface area (Å²) in [5.41, 5.74) is 8.50. The zero-order valence-corrected chi connectivity index (χ0v) is 11.0. The third kappa shape index (κ3) is 3.31. The third-order valence-electron chi connectivity index (χ3n) is 3.08. The number of hydrogen-bond acceptors (Lipinski definition) is 3. The summed E-state index contributed by atoms with van der Waals surface area (Å²) < 4.78 is 0. The van der Waals surface area contributed by atoms with Crippen molar-refractivity contribution in [2.75, 3.05) is 18.5 Å². The molecule has 0 radical (unpaired) electrons. The van der Waals surface area contributed by atoms with E-state index in [0.717, 1.165) is 24.2 Å². The number of aromatic nitrogens is 1. The van der Waals surface area contributed by atoms with E-state index >= 15 is 0 Å². The molecule has 2 aromatic rings. The van der Waals surface area contributed by atoms with E-state index in [9.17, 15) is 0 Å². The molecule has 0 saturated carbocycles. The van der Waals surface area contributed by atoms with Gasteiger partial charge in [-0.05, 0) is 18.1 Å². The lowest BCUT2D eigenvalue weighted by atomic mass is 10.1. The number of hydrogen-bond donors (Lipinski definition) is 2. The molecule has 3 N–H and O–H groups in total. The predicted molar refractivity (Wildman–Crippen MR) is 78.7 cm³/mol. The SMILES string of the molecule is CN(CCc1ccccc1)c1cnccc1C(=N)N. The van der Waals surface area contributed by atoms with Crippen LogP contribution in [0.25, 0.3) is 0 Å². The molecule has 0 spiro atoms. The molecular formula is C15H18N4. The Hall–Kier alpha value is -2.36. The first kappa shape index (κ1) is 13.1. The van der Waals surface area contributed by atoms with Gasteiger partial charge in [0, 0.05) is 25.4 Å². The number of nitrogens with one attached hydrogen (secondary N) is 1. The fraction of sp³-hybridized carbons (Fsp3) is 0.200. The van der Waals surface area contributed by atoms with E-state index in [1.165, 1.54) is 5.56 Å². The zero-order chi connectivity index (χ0) is 13.7. The van der Waals surface area contributed by atoms with Crippen LogP contribution in [0.3, 0.4) is 0 Å². The van der Waals surface area contributed by atoms with Gasteiger partial charge < -0.3 is 10.6 Å². The average Bonchev–Trinajstić information content (AvgIpc) is 2.46. The van der Waals surface area contributed by atoms with Crippen molar-refractivity contribution < 1.29 is 0 Å². The normalized spacial score (nSPS) is 10.2. The molecule has 98 valence electrons. The second-order valence-corrected chi connectivity index (χ2v) is 4.46. The first-order valence-corrected chi connectivity index (χ1v) is 6.22. The van der Waals surface area contributed by atoms with Crippen molar-refractivity contribution in [1.82, 2.24) is 4.98 Å². The van der Waals surface area contributed by atoms with Gasteiger partial charge in [-0.15, -0.1) is 0 Å². The number of anilines is 1. The van der Waals surface area contributed by atoms with Crippen molar-refractivity contribution in [3.63, 3.8) is 0 Å². The van der Waals surface area contributed by atoms with Crippen LogP contribution in [0.15, 0.2) is 48.8 Å². The maximum Gasteiger partial charge on any atom is 0.125 e. The Bertz CT molecular complexity index is 551. The molecule has 0 fully saturated rings. The van der Waals surface area contributed by atoms with Crippen LogP contribution in [-0.2, 0) is 6.42 Å². The lowest BCUT2D eigenvalue weighted by molar-refractivity contribution is 0.872. The maximum absolute atomic E-state index is 7.59. The maximum atomic E-state index is 7.59. The van der Waals surface area contributed by atoms with Crippen LogP contribution in [0.1, 0.15) is 11.1 Å². The van der Waals surface area contributed by atoms with Crippen molar-refractivity contribution >= 4 is 11.5 Å². The Morgan fingerprint density at radius 3 is 2.68 bits per heavy atom. The second-order valence-electron chi connectivity index (χ2n) is 4.46. The number of rotatable bonds is 5. The van der Waals surface area contributed by atoms with Crippen LogP contribution >= 0.6 is 0 Å². The molecule has 0 saturated heterocycles. The van der Waals surface area contributed by atoms with Gasteiger partial charge in [0.05, 0.1) is 11.9 Å². The molecule has 2 rings (SSSR count). The molecule has 0 atom stereocenters. The Morgan fingerprint density at radius 1 is 1.26 bits per heavy atom. The van der Waals surface area contributed by atoms with Gasteiger partial charge in [0.15, 0.2) is 0 Å². The van der Waals surface area contributed by atoms with E-state index in [0.29, 0.717) is 0 Å². The highest BCUT2D eigenvalue weighted by Crippen LogP contribution is 2.17. The number of nitrogens with two attached hydrogens (primary N) is 1. The van der Waals surface area contributed by atoms with Gasteiger partial charge >= 0.3 is 0 Å². The lowest BCUT2D eigenvalue weighted by Crippen LogP contribution is -2.24. The second kappa shape index (κ2) is 6.00. The van der Waals surface area contributed by atoms with Crippen LogP contribution < -0.4 is 10.6 Å². The summed E-state index contributed by atoms with van der Waals surface area (Å²) in [5, 5.41) is 7.59. The smallest absolute Gasteiger partial charge is 0.125 e. The van der Waals surface area contributed by atoms with E-state index in [-0.39, 0.29) is 5.84 Å². The highest BCUT2D eigenvalue weighted by Gasteiger charge is 2.09. The van der Waals surface area contributed by atoms with Crippen molar-refractivity contribution in [2.24, 2.45) is 5.73 Å². The van der Waals surface area contributed by atoms with Gasteiger partial charge in [-0.2, -0.15) is 0 Å². The van der Waals surface area contributed by atoms with Crippen LogP contribution in [0.5, 0.6) is 0 Å². The van der Waals surface area contributed by atoms with Crippen LogP contribution in [0, 0.1) is 5.41 Å². The summed E-state index contributed by atoms with van der Waals surface area (Å²) in [5.74, 6) is 0.0731. The highest BCUT2D eigenvalue weighted by atomic mass is 15.1. The van der Waals surface area contributed by atoms with Crippen LogP contribution in [-0.4, -0.2) is 24.4 Å². The highest BCUT2D eigenvalue weighted by molar-refractivity contribution is 6.00. The first-order valence-electron chi connectivity index (χ1n) is 6.22. The van der Waals surface area contributed by atoms with Crippen molar-refractivity contribution in [3.8, 4) is 0 Å². The number of benzene rings is 1. The largest absolute Gasteiger partial charge is 0.384 e. The van der Waals surface area contributed by atoms with E-state index < -0.39 is 0 Å². The molecule has 4 nitrogen and oxygen atoms in total. The molecule has 0 amide bonds. The summed E-state index contributed by atoms with van der Waals surface area (Å²) in [6, 6.07) is 12.1. The molecule has 1 heterocycles. The lowest BCUT2D eigenvalue weighted by Gasteiger charge is -2.21. The van der Waals surface area contributed by atoms with E-state index in [1.807, 2.05) is 25.2 Å². The number of pyridine rings is 1. The fourth-order valence-electron chi connectivity index (χ4n) is 1.98. The van der Waals surface area contributed by atoms with E-state index in [2.05, 4.69) is 22.0 Å². The molecule has 4 heteroatoms. The minimum Gasteiger partial charge on any atom is -0.384 e. The van der Waals surface area contributed by atoms with Crippen molar-refractivity contribution in [3.05, 3.63) is 59.9 Å². The first-order chi connectivity index (χ1) is 9.18. The Labute approximate surface area is 113 Å². The average molecular weight is 254 g/mol. The van der Waals surface area contributed by atoms with E-state index in [1.54, 1.807) is 18.5 Å². The summed E-state index contributed by atoms with van der Waals surface area (Å²) >= 11 is 0. The zero-order valence-electron chi connectivity index (χ0n) is 11.0. The minimum absolute atomic E-state index is 0.0731. The van der Waals surface area contributed by atoms with Gasteiger partial charge in [0.25, 0.3) is 0 Å². The Kier molecular flexibility index (Phi) is 4.13. The van der Waals surface area contributed by atoms with Gasteiger partial charge in [0.1, 0.15) is 5.84 Å². The summed E-state index contributed by atoms with van der Waals surface area (Å²) in [7, 11) is 1.99. The summed E-state index contributed by atoms with van der Waals surface area (Å²) in [4.78, 5) is 6.19. The Morgan fingerprint density at radius 2 is 2.00 bits per heavy atom. The van der Waals surface area contributed by atoms with Crippen molar-refractivity contribution in [2.45, 2.75) is 6.42 Å². The minimum atomic E-state index is 0.0731. The van der Waals surface area contributed by atoms with Crippen molar-refractivity contribution in [1.29, 1.82) is 5.41 Å². The third-order valence-corrected chi connectivity index (χ3v) is 3.08. The molecule has 1 aromatic carbocycles. The molecular weight excluding hydrogens is 236 g/mol. The number of nitrogen functional groups attached to an aromatic ring is 1. The fourth-order valence-corrected chi connectivity index (χ4v) is 1.98. The summed E-state index contributed by atoms with van der Waals surface area (Å²) in [6.45, 7) is 0.857. The Balaban J connectivity index is 2.08. The standard InChI is InChI=1S/C15H18N4/c1-19(10-8-12-5-3-2-4-6-12)14-11-18-9-7-13(14)15(16)17/h2-7,9,11H,8,10H2,1H3,(H3,16,17). The number of likely N-dealkylation sites (N-methyl/N-ethyl adjacent to an activating group) is 1. The molecule has 0 bridgehead atoms. The molecule has 0 aliphatic carbocycles. The molecule has 1 aromatic heterocycles. The number of nitrogens with zero attached hydrogens (tertiary/aromatic N) is 2. The molecule has 19 heavy (non-hydrogen) atoms. The van der Waals surface area contributed by atoms with Crippen LogP contribution in [0.4, 0.5) is 5.69 Å². The van der Waals surface area contributed by atoms with Gasteiger partial charge in [-0.25, -0.2) is 0 Å². The van der Waals surface area contributed by atoms with Gasteiger partial charge in [-0.3, -0.25) is 10.4 Å². The van der Waals surface area contributed by atoms with Crippen LogP contribution in [0.2, 0.25) is 0 Å². The molecule has 0 aliphatic rings. The predicted octanol–water partition coefficient (Wildman–Crippen LogP) is 2.04. The molecule has 0 aliphatic heterocycles. The monoisotopic (exact) mass is 254 g/mol. The van der Waals surface area contributed by atoms with E-state index in [4.69, 9.17) is 11.1 Å². The topological polar surface area (TPSA) is 66.0 Å². The van der Waals surface area contributed by atoms with Gasteiger partial charge in [-0.1, -0.05) is 30.3 Å². The van der Waals surface area contributed by atoms with Gasteiger partial charge in [0.2, 0.25) is 0 Å². The molecule has 0 unspecified atom stereocenters. The summed E-state index contributed by atoms with van der Waals surface area (Å²) in [6.07, 6.45) is 4.36. The number of amidine groups is 1. The quantitative estimate of drug-likeness (QED) is 0.634.